The monoisotopic (exact) mass is 246 g/mol. The van der Waals surface area contributed by atoms with Crippen LogP contribution in [0.4, 0.5) is 0 Å². The minimum Gasteiger partial charge on any atom is -0.297 e. The molecule has 2 fully saturated rings. The van der Waals surface area contributed by atoms with Crippen LogP contribution < -0.4 is 0 Å². The highest BCUT2D eigenvalue weighted by molar-refractivity contribution is 8.01. The smallest absolute Gasteiger partial charge is 0.159 e. The van der Waals surface area contributed by atoms with Crippen molar-refractivity contribution in [1.82, 2.24) is 0 Å². The van der Waals surface area contributed by atoms with E-state index in [1.165, 1.54) is 12.0 Å². The molecule has 0 bridgehead atoms. The maximum atomic E-state index is 12.8. The Kier molecular flexibility index (Phi) is 2.58. The number of rotatable bonds is 3. The number of ketones is 1. The Hall–Kier alpha value is -0.760. The molecule has 1 aliphatic carbocycles. The van der Waals surface area contributed by atoms with Crippen molar-refractivity contribution < 1.29 is 4.79 Å². The summed E-state index contributed by atoms with van der Waals surface area (Å²) in [5.74, 6) is 1.63. The molecule has 1 aliphatic heterocycles. The van der Waals surface area contributed by atoms with Crippen molar-refractivity contribution in [2.75, 3.05) is 5.75 Å². The molecule has 0 N–H and O–H groups in total. The number of benzene rings is 1. The standard InChI is InChI=1S/C15H18OS/c1-14(8-5-11-17-14)13(16)15(9-10-15)12-6-3-2-4-7-12/h2-4,6-7H,5,8-11H2,1H3. The van der Waals surface area contributed by atoms with Gasteiger partial charge in [-0.2, -0.15) is 0 Å². The molecule has 2 aliphatic rings. The number of hydrogen-bond donors (Lipinski definition) is 0. The van der Waals surface area contributed by atoms with E-state index in [2.05, 4.69) is 19.1 Å². The molecule has 1 aromatic rings. The van der Waals surface area contributed by atoms with Crippen molar-refractivity contribution in [2.45, 2.75) is 42.8 Å². The van der Waals surface area contributed by atoms with E-state index in [4.69, 9.17) is 0 Å². The van der Waals surface area contributed by atoms with Gasteiger partial charge in [0.05, 0.1) is 10.2 Å². The molecule has 0 spiro atoms. The van der Waals surface area contributed by atoms with Crippen molar-refractivity contribution in [1.29, 1.82) is 0 Å². The fourth-order valence-corrected chi connectivity index (χ4v) is 4.35. The topological polar surface area (TPSA) is 17.1 Å². The van der Waals surface area contributed by atoms with E-state index >= 15 is 0 Å². The Morgan fingerprint density at radius 3 is 2.41 bits per heavy atom. The molecule has 1 nitrogen and oxygen atoms in total. The first kappa shape index (κ1) is 11.3. The molecule has 1 unspecified atom stereocenters. The summed E-state index contributed by atoms with van der Waals surface area (Å²) in [7, 11) is 0. The van der Waals surface area contributed by atoms with Crippen LogP contribution in [0.1, 0.15) is 38.2 Å². The first-order valence-corrected chi connectivity index (χ1v) is 7.40. The second-order valence-electron chi connectivity index (χ2n) is 5.46. The van der Waals surface area contributed by atoms with Gasteiger partial charge in [0.25, 0.3) is 0 Å². The minimum atomic E-state index is -0.132. The summed E-state index contributed by atoms with van der Waals surface area (Å²) in [6.45, 7) is 2.15. The Labute approximate surface area is 107 Å². The van der Waals surface area contributed by atoms with E-state index < -0.39 is 0 Å². The zero-order chi connectivity index (χ0) is 11.9. The van der Waals surface area contributed by atoms with Gasteiger partial charge in [0.2, 0.25) is 0 Å². The van der Waals surface area contributed by atoms with Crippen LogP contribution in [-0.2, 0) is 10.2 Å². The molecule has 0 radical (unpaired) electrons. The summed E-state index contributed by atoms with van der Waals surface area (Å²) in [6, 6.07) is 10.4. The highest BCUT2D eigenvalue weighted by atomic mass is 32.2. The van der Waals surface area contributed by atoms with Gasteiger partial charge < -0.3 is 0 Å². The summed E-state index contributed by atoms with van der Waals surface area (Å²) in [6.07, 6.45) is 4.35. The van der Waals surface area contributed by atoms with Crippen LogP contribution in [0.15, 0.2) is 30.3 Å². The highest BCUT2D eigenvalue weighted by Crippen LogP contribution is 2.55. The molecule has 1 saturated carbocycles. The van der Waals surface area contributed by atoms with Crippen LogP contribution in [-0.4, -0.2) is 16.3 Å². The van der Waals surface area contributed by atoms with Crippen molar-refractivity contribution in [2.24, 2.45) is 0 Å². The van der Waals surface area contributed by atoms with Crippen LogP contribution in [0.5, 0.6) is 0 Å². The Morgan fingerprint density at radius 1 is 1.18 bits per heavy atom. The summed E-state index contributed by atoms with van der Waals surface area (Å²) >= 11 is 1.86. The van der Waals surface area contributed by atoms with Crippen LogP contribution in [0.25, 0.3) is 0 Å². The molecular weight excluding hydrogens is 228 g/mol. The lowest BCUT2D eigenvalue weighted by Gasteiger charge is -2.27. The van der Waals surface area contributed by atoms with E-state index in [1.54, 1.807) is 0 Å². The summed E-state index contributed by atoms with van der Waals surface area (Å²) in [4.78, 5) is 12.8. The maximum absolute atomic E-state index is 12.8. The molecule has 1 heterocycles. The van der Waals surface area contributed by atoms with Crippen molar-refractivity contribution in [3.8, 4) is 0 Å². The van der Waals surface area contributed by atoms with Crippen LogP contribution in [0, 0.1) is 0 Å². The van der Waals surface area contributed by atoms with E-state index in [0.717, 1.165) is 25.0 Å². The molecule has 2 heteroatoms. The highest BCUT2D eigenvalue weighted by Gasteiger charge is 2.57. The minimum absolute atomic E-state index is 0.119. The van der Waals surface area contributed by atoms with Gasteiger partial charge in [-0.25, -0.2) is 0 Å². The van der Waals surface area contributed by atoms with Gasteiger partial charge in [-0.3, -0.25) is 4.79 Å². The molecule has 90 valence electrons. The largest absolute Gasteiger partial charge is 0.297 e. The van der Waals surface area contributed by atoms with Gasteiger partial charge in [-0.15, -0.1) is 11.8 Å². The van der Waals surface area contributed by atoms with Crippen molar-refractivity contribution >= 4 is 17.5 Å². The molecule has 3 rings (SSSR count). The summed E-state index contributed by atoms with van der Waals surface area (Å²) < 4.78 is -0.119. The number of hydrogen-bond acceptors (Lipinski definition) is 2. The first-order valence-electron chi connectivity index (χ1n) is 6.42. The maximum Gasteiger partial charge on any atom is 0.159 e. The predicted octanol–water partition coefficient (Wildman–Crippen LogP) is 3.57. The fourth-order valence-electron chi connectivity index (χ4n) is 2.99. The van der Waals surface area contributed by atoms with Gasteiger partial charge in [-0.1, -0.05) is 30.3 Å². The third-order valence-corrected chi connectivity index (χ3v) is 5.73. The second kappa shape index (κ2) is 3.88. The zero-order valence-electron chi connectivity index (χ0n) is 10.2. The molecule has 0 amide bonds. The van der Waals surface area contributed by atoms with Gasteiger partial charge in [0, 0.05) is 0 Å². The molecule has 1 atom stereocenters. The van der Waals surface area contributed by atoms with Gasteiger partial charge in [0.15, 0.2) is 5.78 Å². The predicted molar refractivity (Wildman–Crippen MR) is 72.5 cm³/mol. The van der Waals surface area contributed by atoms with E-state index in [1.807, 2.05) is 30.0 Å². The summed E-state index contributed by atoms with van der Waals surface area (Å²) in [5, 5.41) is 0. The van der Waals surface area contributed by atoms with Crippen LogP contribution in [0.2, 0.25) is 0 Å². The fraction of sp³-hybridized carbons (Fsp3) is 0.533. The number of carbonyl (C=O) groups is 1. The Balaban J connectivity index is 1.92. The van der Waals surface area contributed by atoms with Crippen LogP contribution in [0.3, 0.4) is 0 Å². The molecule has 0 aromatic heterocycles. The second-order valence-corrected chi connectivity index (χ2v) is 7.06. The number of Topliss-reactive ketones (excluding diaryl/α,β-unsaturated/α-hetero) is 1. The first-order chi connectivity index (χ1) is 8.17. The normalized spacial score (nSPS) is 30.2. The number of carbonyl (C=O) groups excluding carboxylic acids is 1. The molecule has 1 saturated heterocycles. The molecular formula is C15H18OS. The van der Waals surface area contributed by atoms with E-state index in [-0.39, 0.29) is 10.2 Å². The molecule has 17 heavy (non-hydrogen) atoms. The lowest BCUT2D eigenvalue weighted by Crippen LogP contribution is -2.38. The third-order valence-electron chi connectivity index (χ3n) is 4.21. The van der Waals surface area contributed by atoms with Gasteiger partial charge in [-0.05, 0) is 43.9 Å². The third kappa shape index (κ3) is 1.74. The Bertz CT molecular complexity index is 427. The van der Waals surface area contributed by atoms with Gasteiger partial charge >= 0.3 is 0 Å². The quantitative estimate of drug-likeness (QED) is 0.811. The zero-order valence-corrected chi connectivity index (χ0v) is 11.1. The van der Waals surface area contributed by atoms with E-state index in [9.17, 15) is 4.79 Å². The summed E-state index contributed by atoms with van der Waals surface area (Å²) in [5.41, 5.74) is 1.10. The van der Waals surface area contributed by atoms with Crippen molar-refractivity contribution in [3.63, 3.8) is 0 Å². The average Bonchev–Trinajstić information content (AvgIpc) is 3.06. The van der Waals surface area contributed by atoms with Crippen molar-refractivity contribution in [3.05, 3.63) is 35.9 Å². The lowest BCUT2D eigenvalue weighted by molar-refractivity contribution is -0.123. The number of thioether (sulfide) groups is 1. The Morgan fingerprint density at radius 2 is 1.88 bits per heavy atom. The van der Waals surface area contributed by atoms with E-state index in [0.29, 0.717) is 5.78 Å². The lowest BCUT2D eigenvalue weighted by atomic mass is 9.83. The molecule has 1 aromatic carbocycles. The SMILES string of the molecule is CC1(C(=O)C2(c3ccccc3)CC2)CCCS1. The average molecular weight is 246 g/mol. The van der Waals surface area contributed by atoms with Gasteiger partial charge in [0.1, 0.15) is 0 Å². The van der Waals surface area contributed by atoms with Crippen LogP contribution >= 0.6 is 11.8 Å².